The van der Waals surface area contributed by atoms with Crippen molar-refractivity contribution in [3.8, 4) is 33.3 Å². The molecule has 3 aromatic rings. The molecule has 0 aliphatic rings. The molecular weight excluding hydrogens is 547 g/mol. The fourth-order valence-corrected chi connectivity index (χ4v) is 6.11. The lowest BCUT2D eigenvalue weighted by Gasteiger charge is -2.17. The highest BCUT2D eigenvalue weighted by Crippen LogP contribution is 2.36. The van der Waals surface area contributed by atoms with Gasteiger partial charge in [-0.25, -0.2) is 19.6 Å². The number of thioether (sulfide) groups is 3. The Balaban J connectivity index is 1.90. The van der Waals surface area contributed by atoms with Crippen LogP contribution in [0.5, 0.6) is 0 Å². The number of benzene rings is 1. The van der Waals surface area contributed by atoms with Crippen molar-refractivity contribution in [3.05, 3.63) is 53.0 Å². The zero-order valence-electron chi connectivity index (χ0n) is 20.1. The molecule has 0 saturated carbocycles. The molecule has 0 aliphatic carbocycles. The van der Waals surface area contributed by atoms with Gasteiger partial charge in [-0.2, -0.15) is 22.3 Å². The van der Waals surface area contributed by atoms with Gasteiger partial charge in [0.2, 0.25) is 0 Å². The molecule has 0 bridgehead atoms. The Kier molecular flexibility index (Phi) is 10.6. The highest BCUT2D eigenvalue weighted by Gasteiger charge is 2.33. The Hall–Kier alpha value is -2.87. The molecule has 12 heteroatoms. The molecule has 1 aromatic carbocycles. The van der Waals surface area contributed by atoms with Crippen molar-refractivity contribution >= 4 is 58.6 Å². The van der Waals surface area contributed by atoms with Crippen LogP contribution in [0.2, 0.25) is 0 Å². The molecule has 37 heavy (non-hydrogen) atoms. The maximum Gasteiger partial charge on any atom is 0.345 e. The highest BCUT2D eigenvalue weighted by atomic mass is 32.2. The van der Waals surface area contributed by atoms with Crippen LogP contribution >= 0.6 is 46.6 Å². The Morgan fingerprint density at radius 2 is 2.00 bits per heavy atom. The van der Waals surface area contributed by atoms with Crippen molar-refractivity contribution < 1.29 is 14.3 Å². The second kappa shape index (κ2) is 13.6. The van der Waals surface area contributed by atoms with Gasteiger partial charge in [-0.05, 0) is 54.6 Å². The Labute approximate surface area is 232 Å². The minimum absolute atomic E-state index is 0.129. The molecule has 1 unspecified atom stereocenters. The first-order chi connectivity index (χ1) is 17.8. The normalized spacial score (nSPS) is 12.2. The van der Waals surface area contributed by atoms with Gasteiger partial charge in [0, 0.05) is 22.2 Å². The smallest absolute Gasteiger partial charge is 0.345 e. The number of carbonyl (C=O) groups is 2. The van der Waals surface area contributed by atoms with Crippen LogP contribution in [-0.2, 0) is 9.53 Å². The zero-order chi connectivity index (χ0) is 26.8. The number of carbonyl (C=O) groups excluding carboxylic acids is 2. The molecule has 0 fully saturated rings. The average molecular weight is 570 g/mol. The van der Waals surface area contributed by atoms with E-state index < -0.39 is 16.8 Å². The molecular formula is C25H23N5O3S4. The summed E-state index contributed by atoms with van der Waals surface area (Å²) in [6.07, 6.45) is 3.97. The van der Waals surface area contributed by atoms with E-state index in [1.807, 2.05) is 11.4 Å². The van der Waals surface area contributed by atoms with E-state index in [2.05, 4.69) is 18.0 Å². The fraction of sp³-hybridized carbons (Fsp3) is 0.280. The third kappa shape index (κ3) is 7.57. The van der Waals surface area contributed by atoms with Crippen LogP contribution in [0.4, 0.5) is 0 Å². The lowest BCUT2D eigenvalue weighted by atomic mass is 10.00. The van der Waals surface area contributed by atoms with E-state index in [1.165, 1.54) is 42.2 Å². The van der Waals surface area contributed by atoms with E-state index in [1.54, 1.807) is 35.5 Å². The van der Waals surface area contributed by atoms with E-state index in [-0.39, 0.29) is 5.56 Å². The van der Waals surface area contributed by atoms with Gasteiger partial charge in [0.05, 0.1) is 11.1 Å². The highest BCUT2D eigenvalue weighted by molar-refractivity contribution is 8.16. The monoisotopic (exact) mass is 569 g/mol. The number of ether oxygens (including phenoxy) is 1. The molecule has 2 N–H and O–H groups in total. The molecule has 0 radical (unpaired) electrons. The lowest BCUT2D eigenvalue weighted by molar-refractivity contribution is -0.140. The summed E-state index contributed by atoms with van der Waals surface area (Å²) in [6.45, 7) is 3.45. The number of thiazole rings is 1. The van der Waals surface area contributed by atoms with Crippen LogP contribution in [0, 0.1) is 22.0 Å². The van der Waals surface area contributed by atoms with Crippen LogP contribution in [-0.4, -0.2) is 37.6 Å². The number of esters is 2. The van der Waals surface area contributed by atoms with Crippen molar-refractivity contribution in [3.63, 3.8) is 0 Å². The molecule has 2 heterocycles. The zero-order valence-corrected chi connectivity index (χ0v) is 23.4. The van der Waals surface area contributed by atoms with Gasteiger partial charge >= 0.3 is 11.9 Å². The summed E-state index contributed by atoms with van der Waals surface area (Å²) >= 11 is 5.29. The summed E-state index contributed by atoms with van der Waals surface area (Å²) in [6, 6.07) is 10.5. The van der Waals surface area contributed by atoms with E-state index in [0.717, 1.165) is 28.7 Å². The van der Waals surface area contributed by atoms with Crippen molar-refractivity contribution in [1.29, 1.82) is 10.5 Å². The Morgan fingerprint density at radius 1 is 1.24 bits per heavy atom. The molecule has 190 valence electrons. The van der Waals surface area contributed by atoms with Crippen molar-refractivity contribution in [1.82, 2.24) is 9.97 Å². The number of unbranched alkanes of at least 4 members (excludes halogenated alkanes) is 1. The lowest BCUT2D eigenvalue weighted by Crippen LogP contribution is -2.43. The number of aromatic nitrogens is 2. The first-order valence-corrected chi connectivity index (χ1v) is 14.9. The molecule has 0 spiro atoms. The maximum absolute atomic E-state index is 12.5. The standard InChI is InChI=1S/C25H23N5O3S4/c1-3-4-10-34-15-36-21-19(13-26)18(12-20(30-21)22-29-9-11-35-22)16-5-7-17(8-6-16)23(31)33-24(32)25(2,28)37-14-27/h5-9,11-12H,3-4,10,15,28H2,1-2H3. The number of nitrogens with two attached hydrogens (primary N) is 1. The minimum Gasteiger partial charge on any atom is -0.387 e. The van der Waals surface area contributed by atoms with Gasteiger partial charge in [-0.15, -0.1) is 11.3 Å². The summed E-state index contributed by atoms with van der Waals surface area (Å²) in [7, 11) is 0. The van der Waals surface area contributed by atoms with Crippen LogP contribution in [0.3, 0.4) is 0 Å². The largest absolute Gasteiger partial charge is 0.387 e. The molecule has 0 saturated heterocycles. The Morgan fingerprint density at radius 3 is 2.62 bits per heavy atom. The van der Waals surface area contributed by atoms with E-state index in [4.69, 9.17) is 20.7 Å². The van der Waals surface area contributed by atoms with Gasteiger partial charge < -0.3 is 10.5 Å². The average Bonchev–Trinajstić information content (AvgIpc) is 3.43. The van der Waals surface area contributed by atoms with E-state index >= 15 is 0 Å². The number of hydrogen-bond acceptors (Lipinski definition) is 12. The van der Waals surface area contributed by atoms with Crippen LogP contribution in [0.1, 0.15) is 42.6 Å². The second-order valence-corrected chi connectivity index (χ2v) is 12.3. The SMILES string of the molecule is CCCCSCSc1nc(-c2nccs2)cc(-c2ccc(C(=O)OC(=O)C(C)(N)SC#N)cc2)c1C#N. The van der Waals surface area contributed by atoms with Crippen LogP contribution in [0.15, 0.2) is 46.9 Å². The quantitative estimate of drug-likeness (QED) is 0.0736. The number of nitriles is 2. The van der Waals surface area contributed by atoms with Gasteiger partial charge in [-0.3, -0.25) is 0 Å². The van der Waals surface area contributed by atoms with Gasteiger partial charge in [0.1, 0.15) is 27.2 Å². The topological polar surface area (TPSA) is 143 Å². The number of hydrogen-bond donors (Lipinski definition) is 1. The second-order valence-electron chi connectivity index (χ2n) is 7.76. The molecule has 3 rings (SSSR count). The van der Waals surface area contributed by atoms with Crippen molar-refractivity contribution in [2.75, 3.05) is 10.8 Å². The number of rotatable bonds is 11. The summed E-state index contributed by atoms with van der Waals surface area (Å²) in [5, 5.41) is 24.5. The van der Waals surface area contributed by atoms with Gasteiger partial charge in [-0.1, -0.05) is 37.2 Å². The Bertz CT molecular complexity index is 1330. The third-order valence-corrected chi connectivity index (χ3v) is 8.71. The first-order valence-electron chi connectivity index (χ1n) is 11.1. The predicted octanol–water partition coefficient (Wildman–Crippen LogP) is 5.90. The van der Waals surface area contributed by atoms with Crippen LogP contribution in [0.25, 0.3) is 21.8 Å². The number of pyridine rings is 1. The van der Waals surface area contributed by atoms with E-state index in [0.29, 0.717) is 39.2 Å². The predicted molar refractivity (Wildman–Crippen MR) is 150 cm³/mol. The summed E-state index contributed by atoms with van der Waals surface area (Å²) in [5.41, 5.74) is 8.33. The van der Waals surface area contributed by atoms with Crippen molar-refractivity contribution in [2.45, 2.75) is 36.6 Å². The van der Waals surface area contributed by atoms with Gasteiger partial charge in [0.15, 0.2) is 4.87 Å². The number of thiocyanates is 1. The maximum atomic E-state index is 12.5. The summed E-state index contributed by atoms with van der Waals surface area (Å²) in [4.78, 5) is 32.1. The minimum atomic E-state index is -1.67. The van der Waals surface area contributed by atoms with Gasteiger partial charge in [0.25, 0.3) is 0 Å². The summed E-state index contributed by atoms with van der Waals surface area (Å²) in [5.74, 6) is -0.852. The first kappa shape index (κ1) is 28.7. The molecule has 2 aromatic heterocycles. The van der Waals surface area contributed by atoms with Crippen LogP contribution < -0.4 is 5.73 Å². The molecule has 1 atom stereocenters. The van der Waals surface area contributed by atoms with Crippen molar-refractivity contribution in [2.24, 2.45) is 5.73 Å². The third-order valence-electron chi connectivity index (χ3n) is 4.95. The van der Waals surface area contributed by atoms with E-state index in [9.17, 15) is 14.9 Å². The molecule has 8 nitrogen and oxygen atoms in total. The number of nitrogens with zero attached hydrogens (tertiary/aromatic N) is 4. The summed E-state index contributed by atoms with van der Waals surface area (Å²) < 4.78 is 4.85. The fourth-order valence-electron chi connectivity index (χ4n) is 2.99. The molecule has 0 amide bonds. The molecule has 0 aliphatic heterocycles.